The molecule has 0 unspecified atom stereocenters. The zero-order chi connectivity index (χ0) is 17.9. The van der Waals surface area contributed by atoms with Gasteiger partial charge in [0.25, 0.3) is 0 Å². The van der Waals surface area contributed by atoms with Crippen LogP contribution in [0.25, 0.3) is 0 Å². The summed E-state index contributed by atoms with van der Waals surface area (Å²) in [5.41, 5.74) is 3.52. The molecule has 0 bridgehead atoms. The number of rotatable bonds is 11. The molecule has 2 saturated carbocycles. The number of unbranched alkanes of at least 4 members (excludes halogenated alkanes) is 3. The van der Waals surface area contributed by atoms with Gasteiger partial charge in [-0.1, -0.05) is 39.2 Å². The molecular formula is C23H36O2. The van der Waals surface area contributed by atoms with E-state index in [1.807, 2.05) is 6.07 Å². The van der Waals surface area contributed by atoms with Crippen molar-refractivity contribution in [3.8, 4) is 11.5 Å². The van der Waals surface area contributed by atoms with Crippen LogP contribution in [0, 0.1) is 10.8 Å². The largest absolute Gasteiger partial charge is 0.504 e. The molecule has 1 aromatic carbocycles. The van der Waals surface area contributed by atoms with Gasteiger partial charge in [-0.2, -0.15) is 0 Å². The number of hydrogen-bond donors (Lipinski definition) is 2. The van der Waals surface area contributed by atoms with Gasteiger partial charge in [0, 0.05) is 5.56 Å². The Labute approximate surface area is 153 Å². The second kappa shape index (κ2) is 7.60. The molecule has 2 heteroatoms. The van der Waals surface area contributed by atoms with Gasteiger partial charge >= 0.3 is 0 Å². The van der Waals surface area contributed by atoms with Crippen LogP contribution in [0.3, 0.4) is 0 Å². The zero-order valence-electron chi connectivity index (χ0n) is 16.2. The van der Waals surface area contributed by atoms with Gasteiger partial charge in [0.05, 0.1) is 0 Å². The van der Waals surface area contributed by atoms with Gasteiger partial charge in [0.1, 0.15) is 0 Å². The maximum Gasteiger partial charge on any atom is 0.160 e. The summed E-state index contributed by atoms with van der Waals surface area (Å²) in [4.78, 5) is 0. The van der Waals surface area contributed by atoms with Crippen molar-refractivity contribution in [2.75, 3.05) is 0 Å². The van der Waals surface area contributed by atoms with E-state index >= 15 is 0 Å². The number of benzene rings is 1. The molecule has 2 aliphatic carbocycles. The Morgan fingerprint density at radius 3 is 1.92 bits per heavy atom. The van der Waals surface area contributed by atoms with E-state index in [1.165, 1.54) is 69.8 Å². The fourth-order valence-electron chi connectivity index (χ4n) is 4.00. The minimum Gasteiger partial charge on any atom is -0.504 e. The van der Waals surface area contributed by atoms with Crippen molar-refractivity contribution < 1.29 is 10.2 Å². The van der Waals surface area contributed by atoms with Gasteiger partial charge in [-0.3, -0.25) is 0 Å². The Kier molecular flexibility index (Phi) is 5.65. The first-order valence-electron chi connectivity index (χ1n) is 10.4. The maximum absolute atomic E-state index is 10.3. The first kappa shape index (κ1) is 18.6. The van der Waals surface area contributed by atoms with E-state index in [0.29, 0.717) is 10.8 Å². The van der Waals surface area contributed by atoms with E-state index in [9.17, 15) is 10.2 Å². The van der Waals surface area contributed by atoms with Crippen LogP contribution in [0.1, 0.15) is 95.6 Å². The van der Waals surface area contributed by atoms with Crippen LogP contribution >= 0.6 is 0 Å². The molecule has 2 N–H and O–H groups in total. The van der Waals surface area contributed by atoms with Gasteiger partial charge in [0.15, 0.2) is 11.5 Å². The Hall–Kier alpha value is -1.18. The van der Waals surface area contributed by atoms with Crippen molar-refractivity contribution in [3.63, 3.8) is 0 Å². The van der Waals surface area contributed by atoms with Crippen LogP contribution in [0.2, 0.25) is 0 Å². The predicted molar refractivity (Wildman–Crippen MR) is 104 cm³/mol. The van der Waals surface area contributed by atoms with E-state index in [-0.39, 0.29) is 11.5 Å². The quantitative estimate of drug-likeness (QED) is 0.354. The Bertz CT molecular complexity index is 582. The summed E-state index contributed by atoms with van der Waals surface area (Å²) in [6.07, 6.45) is 16.3. The van der Waals surface area contributed by atoms with Crippen LogP contribution in [0.15, 0.2) is 12.1 Å². The summed E-state index contributed by atoms with van der Waals surface area (Å²) in [7, 11) is 0. The Balaban J connectivity index is 1.46. The lowest BCUT2D eigenvalue weighted by Crippen LogP contribution is -1.99. The monoisotopic (exact) mass is 344 g/mol. The van der Waals surface area contributed by atoms with Crippen molar-refractivity contribution >= 4 is 0 Å². The molecule has 0 radical (unpaired) electrons. The molecule has 25 heavy (non-hydrogen) atoms. The molecule has 3 rings (SSSR count). The van der Waals surface area contributed by atoms with Crippen molar-refractivity contribution in [1.29, 1.82) is 0 Å². The van der Waals surface area contributed by atoms with E-state index in [2.05, 4.69) is 13.8 Å². The van der Waals surface area contributed by atoms with Crippen molar-refractivity contribution in [3.05, 3.63) is 23.3 Å². The van der Waals surface area contributed by atoms with Crippen molar-refractivity contribution in [1.82, 2.24) is 0 Å². The summed E-state index contributed by atoms with van der Waals surface area (Å²) in [6, 6.07) is 3.68. The van der Waals surface area contributed by atoms with Gasteiger partial charge in [0.2, 0.25) is 0 Å². The van der Waals surface area contributed by atoms with Crippen LogP contribution in [-0.2, 0) is 12.8 Å². The highest BCUT2D eigenvalue weighted by Gasteiger charge is 2.36. The molecule has 0 spiro atoms. The molecule has 0 saturated heterocycles. The van der Waals surface area contributed by atoms with Crippen LogP contribution in [0.5, 0.6) is 11.5 Å². The average molecular weight is 345 g/mol. The average Bonchev–Trinajstić information content (AvgIpc) is 3.49. The lowest BCUT2D eigenvalue weighted by Gasteiger charge is -2.14. The molecule has 0 heterocycles. The lowest BCUT2D eigenvalue weighted by atomic mass is 9.93. The minimum atomic E-state index is 0.0366. The maximum atomic E-state index is 10.3. The molecule has 2 nitrogen and oxygen atoms in total. The van der Waals surface area contributed by atoms with Crippen LogP contribution < -0.4 is 0 Å². The smallest absolute Gasteiger partial charge is 0.160 e. The highest BCUT2D eigenvalue weighted by Crippen LogP contribution is 2.50. The summed E-state index contributed by atoms with van der Waals surface area (Å²) >= 11 is 0. The first-order chi connectivity index (χ1) is 11.9. The third-order valence-corrected chi connectivity index (χ3v) is 6.75. The highest BCUT2D eigenvalue weighted by molar-refractivity contribution is 5.49. The zero-order valence-corrected chi connectivity index (χ0v) is 16.2. The van der Waals surface area contributed by atoms with E-state index in [0.717, 1.165) is 24.8 Å². The Morgan fingerprint density at radius 1 is 0.760 bits per heavy atom. The summed E-state index contributed by atoms with van der Waals surface area (Å²) in [5.74, 6) is 0.162. The van der Waals surface area contributed by atoms with Crippen molar-refractivity contribution in [2.24, 2.45) is 10.8 Å². The summed E-state index contributed by atoms with van der Waals surface area (Å²) in [6.45, 7) is 4.79. The number of aromatic hydroxyl groups is 2. The van der Waals surface area contributed by atoms with Crippen LogP contribution in [0.4, 0.5) is 0 Å². The molecular weight excluding hydrogens is 308 g/mol. The first-order valence-corrected chi connectivity index (χ1v) is 10.4. The van der Waals surface area contributed by atoms with Crippen LogP contribution in [-0.4, -0.2) is 10.2 Å². The molecule has 0 amide bonds. The number of phenols is 2. The van der Waals surface area contributed by atoms with E-state index < -0.39 is 0 Å². The third-order valence-electron chi connectivity index (χ3n) is 6.75. The van der Waals surface area contributed by atoms with E-state index in [4.69, 9.17) is 0 Å². The minimum absolute atomic E-state index is 0.0366. The molecule has 140 valence electrons. The van der Waals surface area contributed by atoms with Crippen molar-refractivity contribution in [2.45, 2.75) is 97.3 Å². The number of phenolic OH excluding ortho intramolecular Hbond substituents is 2. The second-order valence-electron chi connectivity index (χ2n) is 9.46. The fraction of sp³-hybridized carbons (Fsp3) is 0.739. The predicted octanol–water partition coefficient (Wildman–Crippen LogP) is 6.51. The topological polar surface area (TPSA) is 40.5 Å². The van der Waals surface area contributed by atoms with Gasteiger partial charge < -0.3 is 10.2 Å². The van der Waals surface area contributed by atoms with Gasteiger partial charge in [-0.05, 0) is 86.7 Å². The second-order valence-corrected chi connectivity index (χ2v) is 9.46. The Morgan fingerprint density at radius 2 is 1.32 bits per heavy atom. The summed E-state index contributed by atoms with van der Waals surface area (Å²) in [5, 5.41) is 20.2. The standard InChI is InChI=1S/C23H36O2/c1-22(14-15-22)12-6-3-4-8-18-10-11-20(24)21(25)19(18)9-5-7-13-23(2)16-17-23/h10-11,24-25H,3-9,12-17H2,1-2H3. The number of aryl methyl sites for hydroxylation is 1. The molecule has 0 atom stereocenters. The highest BCUT2D eigenvalue weighted by atomic mass is 16.3. The molecule has 2 aliphatic rings. The van der Waals surface area contributed by atoms with E-state index in [1.54, 1.807) is 6.07 Å². The van der Waals surface area contributed by atoms with Gasteiger partial charge in [-0.25, -0.2) is 0 Å². The lowest BCUT2D eigenvalue weighted by molar-refractivity contribution is 0.396. The molecule has 0 aliphatic heterocycles. The third kappa shape index (κ3) is 5.39. The molecule has 1 aromatic rings. The number of hydrogen-bond acceptors (Lipinski definition) is 2. The summed E-state index contributed by atoms with van der Waals surface area (Å²) < 4.78 is 0. The SMILES string of the molecule is CC1(CCCCCc2ccc(O)c(O)c2CCCCC2(C)CC2)CC1. The van der Waals surface area contributed by atoms with Gasteiger partial charge in [-0.15, -0.1) is 0 Å². The molecule has 2 fully saturated rings. The fourth-order valence-corrected chi connectivity index (χ4v) is 4.00. The molecule has 0 aromatic heterocycles. The normalized spacial score (nSPS) is 19.8.